The van der Waals surface area contributed by atoms with Crippen LogP contribution in [-0.4, -0.2) is 11.7 Å². The zero-order chi connectivity index (χ0) is 11.9. The molecule has 1 aliphatic rings. The minimum absolute atomic E-state index is 0.00523. The predicted octanol–water partition coefficient (Wildman–Crippen LogP) is 3.11. The first kappa shape index (κ1) is 11.5. The normalized spacial score (nSPS) is 21.9. The Labute approximate surface area is 97.3 Å². The molecule has 0 spiro atoms. The summed E-state index contributed by atoms with van der Waals surface area (Å²) in [7, 11) is 0. The maximum Gasteiger partial charge on any atom is 0.123 e. The fraction of sp³-hybridized carbons (Fsp3) is 0.571. The van der Waals surface area contributed by atoms with Crippen molar-refractivity contribution in [3.05, 3.63) is 28.8 Å². The molecule has 0 saturated heterocycles. The number of fused-ring (bicyclic) bond motifs is 1. The third-order valence-corrected chi connectivity index (χ3v) is 3.44. The zero-order valence-electron chi connectivity index (χ0n) is 10.5. The lowest BCUT2D eigenvalue weighted by atomic mass is 9.85. The summed E-state index contributed by atoms with van der Waals surface area (Å²) in [4.78, 5) is 0. The van der Waals surface area contributed by atoms with Gasteiger partial charge < -0.3 is 9.84 Å². The van der Waals surface area contributed by atoms with E-state index in [0.29, 0.717) is 6.61 Å². The smallest absolute Gasteiger partial charge is 0.123 e. The Morgan fingerprint density at radius 3 is 2.75 bits per heavy atom. The van der Waals surface area contributed by atoms with Crippen LogP contribution in [0.2, 0.25) is 0 Å². The van der Waals surface area contributed by atoms with E-state index in [1.807, 2.05) is 19.1 Å². The van der Waals surface area contributed by atoms with Crippen LogP contribution in [0.15, 0.2) is 12.1 Å². The van der Waals surface area contributed by atoms with Crippen molar-refractivity contribution < 1.29 is 9.84 Å². The number of hydrogen-bond donors (Lipinski definition) is 1. The highest BCUT2D eigenvalue weighted by atomic mass is 16.5. The van der Waals surface area contributed by atoms with Crippen molar-refractivity contribution in [1.29, 1.82) is 0 Å². The molecule has 2 nitrogen and oxygen atoms in total. The highest BCUT2D eigenvalue weighted by Gasteiger charge is 2.39. The summed E-state index contributed by atoms with van der Waals surface area (Å²) in [6, 6.07) is 4.06. The van der Waals surface area contributed by atoms with Crippen LogP contribution in [-0.2, 0) is 5.41 Å². The fourth-order valence-electron chi connectivity index (χ4n) is 2.79. The number of aryl methyl sites for hydroxylation is 1. The van der Waals surface area contributed by atoms with Gasteiger partial charge in [-0.1, -0.05) is 19.9 Å². The number of benzene rings is 1. The summed E-state index contributed by atoms with van der Waals surface area (Å²) >= 11 is 0. The molecule has 0 heterocycles. The number of ether oxygens (including phenoxy) is 1. The van der Waals surface area contributed by atoms with Crippen LogP contribution in [0.1, 0.15) is 50.0 Å². The van der Waals surface area contributed by atoms with Gasteiger partial charge in [-0.25, -0.2) is 0 Å². The number of aliphatic hydroxyl groups is 1. The van der Waals surface area contributed by atoms with Gasteiger partial charge in [-0.3, -0.25) is 0 Å². The highest BCUT2D eigenvalue weighted by Crippen LogP contribution is 2.49. The molecule has 0 bridgehead atoms. The van der Waals surface area contributed by atoms with Gasteiger partial charge >= 0.3 is 0 Å². The van der Waals surface area contributed by atoms with Crippen molar-refractivity contribution in [3.63, 3.8) is 0 Å². The van der Waals surface area contributed by atoms with E-state index < -0.39 is 0 Å². The molecule has 88 valence electrons. The largest absolute Gasteiger partial charge is 0.494 e. The monoisotopic (exact) mass is 220 g/mol. The molecule has 0 saturated carbocycles. The van der Waals surface area contributed by atoms with Gasteiger partial charge in [-0.2, -0.15) is 0 Å². The standard InChI is InChI=1S/C14H20O2/c1-5-16-11-7-6-9(2)12-10(15)8-14(3,4)13(11)12/h6-7,10,15H,5,8H2,1-4H3/t10-/m0/s1. The second-order valence-electron chi connectivity index (χ2n) is 5.21. The summed E-state index contributed by atoms with van der Waals surface area (Å²) in [5.41, 5.74) is 3.44. The van der Waals surface area contributed by atoms with E-state index in [9.17, 15) is 5.11 Å². The number of aliphatic hydroxyl groups excluding tert-OH is 1. The van der Waals surface area contributed by atoms with Crippen molar-refractivity contribution in [1.82, 2.24) is 0 Å². The summed E-state index contributed by atoms with van der Waals surface area (Å²) < 4.78 is 5.68. The van der Waals surface area contributed by atoms with E-state index in [4.69, 9.17) is 4.74 Å². The molecule has 0 fully saturated rings. The Balaban J connectivity index is 2.62. The Bertz CT molecular complexity index is 407. The Hall–Kier alpha value is -1.02. The van der Waals surface area contributed by atoms with Gasteiger partial charge in [0.1, 0.15) is 5.75 Å². The lowest BCUT2D eigenvalue weighted by molar-refractivity contribution is 0.161. The minimum Gasteiger partial charge on any atom is -0.494 e. The molecule has 1 N–H and O–H groups in total. The van der Waals surface area contributed by atoms with Gasteiger partial charge in [-0.05, 0) is 42.9 Å². The third kappa shape index (κ3) is 1.61. The lowest BCUT2D eigenvalue weighted by Crippen LogP contribution is -2.14. The topological polar surface area (TPSA) is 29.5 Å². The molecule has 0 amide bonds. The van der Waals surface area contributed by atoms with E-state index >= 15 is 0 Å². The minimum atomic E-state index is -0.342. The second-order valence-corrected chi connectivity index (χ2v) is 5.21. The van der Waals surface area contributed by atoms with Crippen molar-refractivity contribution in [2.24, 2.45) is 0 Å². The average Bonchev–Trinajstić information content (AvgIpc) is 2.43. The van der Waals surface area contributed by atoms with Crippen LogP contribution in [0.4, 0.5) is 0 Å². The van der Waals surface area contributed by atoms with Crippen LogP contribution < -0.4 is 4.74 Å². The third-order valence-electron chi connectivity index (χ3n) is 3.44. The summed E-state index contributed by atoms with van der Waals surface area (Å²) in [5.74, 6) is 0.935. The van der Waals surface area contributed by atoms with Gasteiger partial charge in [0.15, 0.2) is 0 Å². The fourth-order valence-corrected chi connectivity index (χ4v) is 2.79. The molecule has 16 heavy (non-hydrogen) atoms. The first-order chi connectivity index (χ1) is 7.47. The van der Waals surface area contributed by atoms with E-state index in [1.54, 1.807) is 0 Å². The number of rotatable bonds is 2. The molecule has 2 heteroatoms. The molecule has 0 radical (unpaired) electrons. The van der Waals surface area contributed by atoms with Gasteiger partial charge in [0, 0.05) is 5.56 Å². The number of hydrogen-bond acceptors (Lipinski definition) is 2. The van der Waals surface area contributed by atoms with Gasteiger partial charge in [0.2, 0.25) is 0 Å². The Morgan fingerprint density at radius 2 is 2.12 bits per heavy atom. The Kier molecular flexibility index (Phi) is 2.70. The van der Waals surface area contributed by atoms with Crippen molar-refractivity contribution in [3.8, 4) is 5.75 Å². The first-order valence-electron chi connectivity index (χ1n) is 5.92. The van der Waals surface area contributed by atoms with E-state index in [1.165, 1.54) is 5.56 Å². The quantitative estimate of drug-likeness (QED) is 0.829. The Morgan fingerprint density at radius 1 is 1.44 bits per heavy atom. The average molecular weight is 220 g/mol. The van der Waals surface area contributed by atoms with Crippen LogP contribution >= 0.6 is 0 Å². The van der Waals surface area contributed by atoms with Gasteiger partial charge in [0.25, 0.3) is 0 Å². The molecule has 1 aromatic carbocycles. The molecule has 0 aromatic heterocycles. The van der Waals surface area contributed by atoms with Crippen LogP contribution in [0.25, 0.3) is 0 Å². The van der Waals surface area contributed by atoms with E-state index in [2.05, 4.69) is 20.8 Å². The van der Waals surface area contributed by atoms with Crippen LogP contribution in [0, 0.1) is 6.92 Å². The molecular weight excluding hydrogens is 200 g/mol. The maximum atomic E-state index is 10.1. The highest BCUT2D eigenvalue weighted by molar-refractivity contribution is 5.53. The molecule has 1 aromatic rings. The molecule has 0 aliphatic heterocycles. The van der Waals surface area contributed by atoms with Crippen LogP contribution in [0.3, 0.4) is 0 Å². The van der Waals surface area contributed by atoms with Crippen molar-refractivity contribution >= 4 is 0 Å². The molecular formula is C14H20O2. The summed E-state index contributed by atoms with van der Waals surface area (Å²) in [6.07, 6.45) is 0.443. The van der Waals surface area contributed by atoms with Crippen molar-refractivity contribution in [2.45, 2.75) is 45.6 Å². The van der Waals surface area contributed by atoms with Gasteiger partial charge in [0.05, 0.1) is 12.7 Å². The summed E-state index contributed by atoms with van der Waals surface area (Å²) in [6.45, 7) is 9.06. The van der Waals surface area contributed by atoms with E-state index in [-0.39, 0.29) is 11.5 Å². The van der Waals surface area contributed by atoms with E-state index in [0.717, 1.165) is 23.3 Å². The molecule has 0 unspecified atom stereocenters. The predicted molar refractivity (Wildman–Crippen MR) is 65.0 cm³/mol. The first-order valence-corrected chi connectivity index (χ1v) is 5.92. The second kappa shape index (κ2) is 3.77. The zero-order valence-corrected chi connectivity index (χ0v) is 10.5. The maximum absolute atomic E-state index is 10.1. The SMILES string of the molecule is CCOc1ccc(C)c2c1C(C)(C)C[C@@H]2O. The van der Waals surface area contributed by atoms with Crippen molar-refractivity contribution in [2.75, 3.05) is 6.61 Å². The van der Waals surface area contributed by atoms with Crippen LogP contribution in [0.5, 0.6) is 5.75 Å². The summed E-state index contributed by atoms with van der Waals surface area (Å²) in [5, 5.41) is 10.1. The van der Waals surface area contributed by atoms with Gasteiger partial charge in [-0.15, -0.1) is 0 Å². The lowest BCUT2D eigenvalue weighted by Gasteiger charge is -2.22. The molecule has 1 aliphatic carbocycles. The molecule has 1 atom stereocenters. The molecule has 2 rings (SSSR count).